The van der Waals surface area contributed by atoms with Crippen LogP contribution in [0.1, 0.15) is 26.9 Å². The zero-order valence-electron chi connectivity index (χ0n) is 19.3. The molecule has 2 amide bonds. The molecule has 0 radical (unpaired) electrons. The van der Waals surface area contributed by atoms with Crippen molar-refractivity contribution in [2.45, 2.75) is 11.9 Å². The number of hydrogen-bond donors (Lipinski definition) is 1. The molecule has 7 heteroatoms. The van der Waals surface area contributed by atoms with Crippen molar-refractivity contribution in [2.75, 3.05) is 11.1 Å². The van der Waals surface area contributed by atoms with E-state index < -0.39 is 0 Å². The van der Waals surface area contributed by atoms with Gasteiger partial charge in [-0.3, -0.25) is 9.59 Å². The second kappa shape index (κ2) is 10.9. The van der Waals surface area contributed by atoms with Crippen molar-refractivity contribution >= 4 is 40.9 Å². The SMILES string of the molecule is O=C(Nc1ccccc1Oc1ccccc1)c1ccc([C@H]2SCC(=O)N2Cc2ccc(Cl)cc2)cc1. The maximum Gasteiger partial charge on any atom is 0.255 e. The Bertz CT molecular complexity index is 1360. The number of anilines is 1. The lowest BCUT2D eigenvalue weighted by Gasteiger charge is -2.24. The molecule has 0 aliphatic carbocycles. The van der Waals surface area contributed by atoms with Gasteiger partial charge in [-0.05, 0) is 59.7 Å². The molecule has 180 valence electrons. The summed E-state index contributed by atoms with van der Waals surface area (Å²) in [6.07, 6.45) is 0. The number of nitrogens with one attached hydrogen (secondary N) is 1. The number of rotatable bonds is 7. The minimum atomic E-state index is -0.237. The number of benzene rings is 4. The van der Waals surface area contributed by atoms with Crippen LogP contribution in [-0.4, -0.2) is 22.5 Å². The molecule has 1 atom stereocenters. The van der Waals surface area contributed by atoms with Gasteiger partial charge >= 0.3 is 0 Å². The number of hydrogen-bond acceptors (Lipinski definition) is 4. The van der Waals surface area contributed by atoms with Crippen molar-refractivity contribution in [2.24, 2.45) is 0 Å². The monoisotopic (exact) mass is 514 g/mol. The molecule has 36 heavy (non-hydrogen) atoms. The molecule has 4 aromatic carbocycles. The first-order valence-electron chi connectivity index (χ1n) is 11.5. The topological polar surface area (TPSA) is 58.6 Å². The van der Waals surface area contributed by atoms with Gasteiger partial charge in [0, 0.05) is 17.1 Å². The van der Waals surface area contributed by atoms with Crippen molar-refractivity contribution in [1.29, 1.82) is 0 Å². The van der Waals surface area contributed by atoms with E-state index in [1.165, 1.54) is 0 Å². The van der Waals surface area contributed by atoms with Crippen molar-refractivity contribution in [3.8, 4) is 11.5 Å². The molecular formula is C29H23ClN2O3S. The summed E-state index contributed by atoms with van der Waals surface area (Å²) in [6.45, 7) is 0.508. The summed E-state index contributed by atoms with van der Waals surface area (Å²) in [5.41, 5.74) is 3.10. The molecule has 0 bridgehead atoms. The third kappa shape index (κ3) is 5.56. The maximum atomic E-state index is 13.0. The molecule has 1 N–H and O–H groups in total. The normalized spacial score (nSPS) is 15.1. The molecule has 0 unspecified atom stereocenters. The summed E-state index contributed by atoms with van der Waals surface area (Å²) in [4.78, 5) is 27.4. The molecule has 1 saturated heterocycles. The van der Waals surface area contributed by atoms with E-state index in [1.807, 2.05) is 89.8 Å². The highest BCUT2D eigenvalue weighted by molar-refractivity contribution is 8.00. The van der Waals surface area contributed by atoms with Crippen LogP contribution in [0.3, 0.4) is 0 Å². The average Bonchev–Trinajstić information content (AvgIpc) is 3.27. The number of carbonyl (C=O) groups excluding carboxylic acids is 2. The Morgan fingerprint density at radius 1 is 0.917 bits per heavy atom. The van der Waals surface area contributed by atoms with E-state index in [9.17, 15) is 9.59 Å². The fourth-order valence-corrected chi connectivity index (χ4v) is 5.27. The van der Waals surface area contributed by atoms with Crippen LogP contribution in [0.15, 0.2) is 103 Å². The lowest BCUT2D eigenvalue weighted by molar-refractivity contribution is -0.128. The molecular weight excluding hydrogens is 492 g/mol. The van der Waals surface area contributed by atoms with Crippen LogP contribution in [0, 0.1) is 0 Å². The molecule has 0 saturated carbocycles. The van der Waals surface area contributed by atoms with Crippen molar-refractivity contribution in [3.63, 3.8) is 0 Å². The summed E-state index contributed by atoms with van der Waals surface area (Å²) in [5, 5.41) is 3.51. The van der Waals surface area contributed by atoms with E-state index in [2.05, 4.69) is 5.32 Å². The smallest absolute Gasteiger partial charge is 0.255 e. The van der Waals surface area contributed by atoms with Gasteiger partial charge in [0.1, 0.15) is 11.1 Å². The van der Waals surface area contributed by atoms with Crippen LogP contribution in [0.25, 0.3) is 0 Å². The number of nitrogens with zero attached hydrogens (tertiary/aromatic N) is 1. The number of thioether (sulfide) groups is 1. The fourth-order valence-electron chi connectivity index (χ4n) is 3.96. The number of ether oxygens (including phenoxy) is 1. The number of amides is 2. The first kappa shape index (κ1) is 24.0. The van der Waals surface area contributed by atoms with E-state index in [4.69, 9.17) is 16.3 Å². The predicted octanol–water partition coefficient (Wildman–Crippen LogP) is 7.16. The van der Waals surface area contributed by atoms with E-state index in [1.54, 1.807) is 30.0 Å². The average molecular weight is 515 g/mol. The predicted molar refractivity (Wildman–Crippen MR) is 145 cm³/mol. The zero-order chi connectivity index (χ0) is 24.9. The first-order valence-corrected chi connectivity index (χ1v) is 12.9. The van der Waals surface area contributed by atoms with Crippen LogP contribution in [0.2, 0.25) is 5.02 Å². The van der Waals surface area contributed by atoms with Crippen molar-refractivity contribution < 1.29 is 14.3 Å². The summed E-state index contributed by atoms with van der Waals surface area (Å²) < 4.78 is 5.95. The highest BCUT2D eigenvalue weighted by atomic mass is 35.5. The van der Waals surface area contributed by atoms with Crippen LogP contribution >= 0.6 is 23.4 Å². The van der Waals surface area contributed by atoms with Crippen LogP contribution < -0.4 is 10.1 Å². The van der Waals surface area contributed by atoms with Crippen LogP contribution in [0.5, 0.6) is 11.5 Å². The number of carbonyl (C=O) groups is 2. The molecule has 1 heterocycles. The van der Waals surface area contributed by atoms with Gasteiger partial charge < -0.3 is 15.0 Å². The molecule has 0 spiro atoms. The van der Waals surface area contributed by atoms with E-state index >= 15 is 0 Å². The van der Waals surface area contributed by atoms with Crippen molar-refractivity contribution in [1.82, 2.24) is 4.90 Å². The van der Waals surface area contributed by atoms with Gasteiger partial charge in [0.2, 0.25) is 5.91 Å². The number of para-hydroxylation sites is 3. The van der Waals surface area contributed by atoms with Gasteiger partial charge in [-0.1, -0.05) is 66.2 Å². The van der Waals surface area contributed by atoms with Gasteiger partial charge in [0.25, 0.3) is 5.91 Å². The van der Waals surface area contributed by atoms with Gasteiger partial charge in [0.05, 0.1) is 11.4 Å². The number of halogens is 1. The second-order valence-electron chi connectivity index (χ2n) is 8.30. The van der Waals surface area contributed by atoms with E-state index in [0.717, 1.165) is 11.1 Å². The molecule has 5 nitrogen and oxygen atoms in total. The van der Waals surface area contributed by atoms with Crippen molar-refractivity contribution in [3.05, 3.63) is 125 Å². The Morgan fingerprint density at radius 3 is 2.36 bits per heavy atom. The Hall–Kier alpha value is -3.74. The van der Waals surface area contributed by atoms with Crippen LogP contribution in [0.4, 0.5) is 5.69 Å². The zero-order valence-corrected chi connectivity index (χ0v) is 20.8. The van der Waals surface area contributed by atoms with E-state index in [-0.39, 0.29) is 17.2 Å². The largest absolute Gasteiger partial charge is 0.455 e. The maximum absolute atomic E-state index is 13.0. The third-order valence-corrected chi connectivity index (χ3v) is 7.31. The molecule has 1 aliphatic rings. The Balaban J connectivity index is 1.28. The quantitative estimate of drug-likeness (QED) is 0.284. The minimum Gasteiger partial charge on any atom is -0.455 e. The lowest BCUT2D eigenvalue weighted by Crippen LogP contribution is -2.27. The third-order valence-electron chi connectivity index (χ3n) is 5.80. The highest BCUT2D eigenvalue weighted by Crippen LogP contribution is 2.39. The summed E-state index contributed by atoms with van der Waals surface area (Å²) in [5.74, 6) is 1.54. The summed E-state index contributed by atoms with van der Waals surface area (Å²) >= 11 is 7.58. The van der Waals surface area contributed by atoms with Gasteiger partial charge in [-0.15, -0.1) is 11.8 Å². The molecule has 1 aliphatic heterocycles. The fraction of sp³-hybridized carbons (Fsp3) is 0.103. The van der Waals surface area contributed by atoms with E-state index in [0.29, 0.717) is 40.1 Å². The summed E-state index contributed by atoms with van der Waals surface area (Å²) in [6, 6.07) is 31.7. The summed E-state index contributed by atoms with van der Waals surface area (Å²) in [7, 11) is 0. The van der Waals surface area contributed by atoms with Gasteiger partial charge in [0.15, 0.2) is 5.75 Å². The Labute approximate surface area is 219 Å². The highest BCUT2D eigenvalue weighted by Gasteiger charge is 2.32. The van der Waals surface area contributed by atoms with Gasteiger partial charge in [-0.2, -0.15) is 0 Å². The minimum absolute atomic E-state index is 0.0943. The molecule has 4 aromatic rings. The molecule has 0 aromatic heterocycles. The Kier molecular flexibility index (Phi) is 7.26. The van der Waals surface area contributed by atoms with Gasteiger partial charge in [-0.25, -0.2) is 0 Å². The lowest BCUT2D eigenvalue weighted by atomic mass is 10.1. The molecule has 5 rings (SSSR count). The molecule has 1 fully saturated rings. The standard InChI is InChI=1S/C29H23ClN2O3S/c30-23-16-10-20(11-17-23)18-32-27(33)19-36-29(32)22-14-12-21(13-15-22)28(34)31-25-8-4-5-9-26(25)35-24-6-2-1-3-7-24/h1-17,29H,18-19H2,(H,31,34)/t29-/m1/s1. The second-order valence-corrected chi connectivity index (χ2v) is 9.80. The first-order chi connectivity index (χ1) is 17.6. The Morgan fingerprint density at radius 2 is 1.61 bits per heavy atom. The van der Waals surface area contributed by atoms with Crippen LogP contribution in [-0.2, 0) is 11.3 Å².